The van der Waals surface area contributed by atoms with Crippen LogP contribution < -0.4 is 0 Å². The lowest BCUT2D eigenvalue weighted by molar-refractivity contribution is 0.0966. The van der Waals surface area contributed by atoms with Gasteiger partial charge in [0.05, 0.1) is 23.2 Å². The van der Waals surface area contributed by atoms with E-state index in [0.29, 0.717) is 16.3 Å². The van der Waals surface area contributed by atoms with Crippen LogP contribution in [0.15, 0.2) is 29.3 Å². The maximum Gasteiger partial charge on any atom is 0.227 e. The third kappa shape index (κ3) is 2.04. The predicted molar refractivity (Wildman–Crippen MR) is 85.1 cm³/mol. The van der Waals surface area contributed by atoms with Gasteiger partial charge in [-0.25, -0.2) is 4.98 Å². The Morgan fingerprint density at radius 3 is 2.95 bits per heavy atom. The van der Waals surface area contributed by atoms with Crippen LogP contribution >= 0.6 is 11.3 Å². The smallest absolute Gasteiger partial charge is 0.227 e. The maximum absolute atomic E-state index is 12.5. The van der Waals surface area contributed by atoms with E-state index in [1.54, 1.807) is 0 Å². The van der Waals surface area contributed by atoms with Gasteiger partial charge in [0.15, 0.2) is 5.78 Å². The summed E-state index contributed by atoms with van der Waals surface area (Å²) in [5, 5.41) is 0.749. The van der Waals surface area contributed by atoms with Gasteiger partial charge in [-0.2, -0.15) is 0 Å². The molecule has 1 aromatic carbocycles. The lowest BCUT2D eigenvalue weighted by Gasteiger charge is -2.13. The number of hydrogen-bond acceptors (Lipinski definition) is 5. The molecule has 1 atom stereocenters. The van der Waals surface area contributed by atoms with E-state index in [1.165, 1.54) is 22.5 Å². The molecule has 2 aliphatic rings. The van der Waals surface area contributed by atoms with Crippen LogP contribution in [0.25, 0.3) is 0 Å². The third-order valence-electron chi connectivity index (χ3n) is 4.21. The van der Waals surface area contributed by atoms with E-state index in [1.807, 2.05) is 19.1 Å². The van der Waals surface area contributed by atoms with Crippen molar-refractivity contribution in [2.45, 2.75) is 32.2 Å². The second-order valence-corrected chi connectivity index (χ2v) is 6.87. The Balaban J connectivity index is 1.73. The van der Waals surface area contributed by atoms with Crippen molar-refractivity contribution in [1.82, 2.24) is 4.98 Å². The standard InChI is InChI=1S/C17H14N2O2S/c1-9-18-15-16(21)13(8-14(20)17(15)22-9)19-12-7-6-10-4-2-3-5-11(10)12/h2-5,12H,6-8H2,1H3. The molecule has 1 unspecified atom stereocenters. The lowest BCUT2D eigenvalue weighted by atomic mass is 9.97. The molecular formula is C17H14N2O2S. The second kappa shape index (κ2) is 4.95. The summed E-state index contributed by atoms with van der Waals surface area (Å²) in [5.41, 5.74) is 3.13. The molecule has 4 rings (SSSR count). The molecule has 0 aliphatic heterocycles. The molecule has 0 spiro atoms. The number of carbonyl (C=O) groups is 2. The molecule has 0 bridgehead atoms. The largest absolute Gasteiger partial charge is 0.293 e. The summed E-state index contributed by atoms with van der Waals surface area (Å²) in [7, 11) is 0. The number of ketones is 2. The Morgan fingerprint density at radius 2 is 2.09 bits per heavy atom. The summed E-state index contributed by atoms with van der Waals surface area (Å²) in [4.78, 5) is 34.1. The minimum atomic E-state index is -0.177. The molecule has 22 heavy (non-hydrogen) atoms. The van der Waals surface area contributed by atoms with Crippen molar-refractivity contribution >= 4 is 28.6 Å². The van der Waals surface area contributed by atoms with Gasteiger partial charge < -0.3 is 0 Å². The molecule has 1 heterocycles. The topological polar surface area (TPSA) is 59.4 Å². The molecule has 2 aliphatic carbocycles. The first-order valence-electron chi connectivity index (χ1n) is 7.33. The summed E-state index contributed by atoms with van der Waals surface area (Å²) in [6, 6.07) is 8.17. The normalized spacial score (nSPS) is 22.0. The fourth-order valence-corrected chi connectivity index (χ4v) is 4.03. The molecule has 0 saturated heterocycles. The van der Waals surface area contributed by atoms with E-state index in [-0.39, 0.29) is 24.0 Å². The highest BCUT2D eigenvalue weighted by molar-refractivity contribution is 7.14. The Kier molecular flexibility index (Phi) is 3.04. The summed E-state index contributed by atoms with van der Waals surface area (Å²) in [6.45, 7) is 1.81. The zero-order valence-corrected chi connectivity index (χ0v) is 12.9. The number of carbonyl (C=O) groups excluding carboxylic acids is 2. The number of aromatic nitrogens is 1. The van der Waals surface area contributed by atoms with E-state index in [4.69, 9.17) is 0 Å². The van der Waals surface area contributed by atoms with Crippen LogP contribution in [0.5, 0.6) is 0 Å². The molecule has 0 radical (unpaired) electrons. The summed E-state index contributed by atoms with van der Waals surface area (Å²) in [6.07, 6.45) is 1.97. The summed E-state index contributed by atoms with van der Waals surface area (Å²) >= 11 is 1.30. The monoisotopic (exact) mass is 310 g/mol. The van der Waals surface area contributed by atoms with Crippen molar-refractivity contribution in [3.8, 4) is 0 Å². The SMILES string of the molecule is Cc1nc2c(s1)C(=O)CC(=NC1CCc3ccccc31)C2=O. The van der Waals surface area contributed by atoms with Crippen molar-refractivity contribution in [2.75, 3.05) is 0 Å². The van der Waals surface area contributed by atoms with Gasteiger partial charge in [0.25, 0.3) is 0 Å². The molecule has 2 aromatic rings. The second-order valence-electron chi connectivity index (χ2n) is 5.67. The van der Waals surface area contributed by atoms with Crippen LogP contribution in [-0.2, 0) is 6.42 Å². The maximum atomic E-state index is 12.5. The molecule has 4 nitrogen and oxygen atoms in total. The van der Waals surface area contributed by atoms with Crippen molar-refractivity contribution < 1.29 is 9.59 Å². The van der Waals surface area contributed by atoms with Gasteiger partial charge in [-0.15, -0.1) is 11.3 Å². The zero-order chi connectivity index (χ0) is 15.3. The van der Waals surface area contributed by atoms with Crippen molar-refractivity contribution in [3.63, 3.8) is 0 Å². The lowest BCUT2D eigenvalue weighted by Crippen LogP contribution is -2.27. The Bertz CT molecular complexity index is 835. The minimum Gasteiger partial charge on any atom is -0.293 e. The molecule has 110 valence electrons. The van der Waals surface area contributed by atoms with E-state index < -0.39 is 0 Å². The number of aliphatic imine (C=N–C) groups is 1. The van der Waals surface area contributed by atoms with E-state index in [0.717, 1.165) is 17.8 Å². The highest BCUT2D eigenvalue weighted by atomic mass is 32.1. The first-order chi connectivity index (χ1) is 10.6. The fourth-order valence-electron chi connectivity index (χ4n) is 3.18. The molecule has 1 aromatic heterocycles. The van der Waals surface area contributed by atoms with Gasteiger partial charge in [-0.05, 0) is 30.9 Å². The first-order valence-corrected chi connectivity index (χ1v) is 8.15. The van der Waals surface area contributed by atoms with Crippen molar-refractivity contribution in [3.05, 3.63) is 51.0 Å². The minimum absolute atomic E-state index is 0.00997. The first kappa shape index (κ1) is 13.5. The Hall–Kier alpha value is -2.14. The summed E-state index contributed by atoms with van der Waals surface area (Å²) < 4.78 is 0. The number of aryl methyl sites for hydroxylation is 2. The number of hydrogen-bond donors (Lipinski definition) is 0. The number of rotatable bonds is 1. The number of benzene rings is 1. The number of Topliss-reactive ketones (excluding diaryl/α,β-unsaturated/α-hetero) is 2. The third-order valence-corrected chi connectivity index (χ3v) is 5.22. The van der Waals surface area contributed by atoms with Gasteiger partial charge in [0, 0.05) is 0 Å². The van der Waals surface area contributed by atoms with Gasteiger partial charge in [0.1, 0.15) is 10.6 Å². The average Bonchev–Trinajstić information content (AvgIpc) is 3.09. The van der Waals surface area contributed by atoms with E-state index >= 15 is 0 Å². The average molecular weight is 310 g/mol. The van der Waals surface area contributed by atoms with Crippen LogP contribution in [0.3, 0.4) is 0 Å². The van der Waals surface area contributed by atoms with E-state index in [9.17, 15) is 9.59 Å². The van der Waals surface area contributed by atoms with Crippen molar-refractivity contribution in [1.29, 1.82) is 0 Å². The van der Waals surface area contributed by atoms with Gasteiger partial charge in [-0.3, -0.25) is 14.6 Å². The van der Waals surface area contributed by atoms with Crippen LogP contribution in [0.1, 0.15) is 55.2 Å². The van der Waals surface area contributed by atoms with Crippen molar-refractivity contribution in [2.24, 2.45) is 4.99 Å². The molecule has 0 N–H and O–H groups in total. The Labute approximate surface area is 131 Å². The number of fused-ring (bicyclic) bond motifs is 2. The molecule has 5 heteroatoms. The van der Waals surface area contributed by atoms with E-state index in [2.05, 4.69) is 22.1 Å². The number of nitrogens with zero attached hydrogens (tertiary/aromatic N) is 2. The van der Waals surface area contributed by atoms with Gasteiger partial charge >= 0.3 is 0 Å². The molecular weight excluding hydrogens is 296 g/mol. The number of thiazole rings is 1. The van der Waals surface area contributed by atoms with Crippen LogP contribution in [0.2, 0.25) is 0 Å². The van der Waals surface area contributed by atoms with Gasteiger partial charge in [-0.1, -0.05) is 24.3 Å². The highest BCUT2D eigenvalue weighted by Crippen LogP contribution is 2.35. The Morgan fingerprint density at radius 1 is 1.27 bits per heavy atom. The summed E-state index contributed by atoms with van der Waals surface area (Å²) in [5.74, 6) is -0.214. The van der Waals surface area contributed by atoms with Gasteiger partial charge in [0.2, 0.25) is 5.78 Å². The van der Waals surface area contributed by atoms with Crippen LogP contribution in [0, 0.1) is 6.92 Å². The van der Waals surface area contributed by atoms with Crippen LogP contribution in [0.4, 0.5) is 0 Å². The fraction of sp³-hybridized carbons (Fsp3) is 0.294. The highest BCUT2D eigenvalue weighted by Gasteiger charge is 2.34. The molecule has 0 amide bonds. The molecule has 0 fully saturated rings. The van der Waals surface area contributed by atoms with Crippen LogP contribution in [-0.4, -0.2) is 22.3 Å². The predicted octanol–water partition coefficient (Wildman–Crippen LogP) is 3.35. The quantitative estimate of drug-likeness (QED) is 0.811. The molecule has 0 saturated carbocycles. The zero-order valence-electron chi connectivity index (χ0n) is 12.1.